The largest absolute Gasteiger partial charge is 0.495 e. The summed E-state index contributed by atoms with van der Waals surface area (Å²) in [6.45, 7) is 8.18. The smallest absolute Gasteiger partial charge is 0.399 e. The molecule has 3 rings (SSSR count). The minimum absolute atomic E-state index is 0.355. The quantitative estimate of drug-likeness (QED) is 0.756. The van der Waals surface area contributed by atoms with E-state index in [-0.39, 0.29) is 11.2 Å². The summed E-state index contributed by atoms with van der Waals surface area (Å²) in [7, 11) is -0.399. The summed E-state index contributed by atoms with van der Waals surface area (Å²) in [4.78, 5) is 4.34. The molecule has 5 heteroatoms. The van der Waals surface area contributed by atoms with Crippen LogP contribution in [0.5, 0.6) is 0 Å². The fourth-order valence-corrected chi connectivity index (χ4v) is 2.56. The fraction of sp³-hybridized carbons (Fsp3) is 0.400. The average molecular weight is 290 g/mol. The van der Waals surface area contributed by atoms with Gasteiger partial charge in [0.05, 0.1) is 21.7 Å². The molecule has 2 heterocycles. The highest BCUT2D eigenvalue weighted by molar-refractivity contribution is 6.65. The Morgan fingerprint density at radius 3 is 2.35 bits per heavy atom. The highest BCUT2D eigenvalue weighted by Gasteiger charge is 2.52. The molecule has 0 aliphatic carbocycles. The molecule has 1 fully saturated rings. The lowest BCUT2D eigenvalue weighted by Crippen LogP contribution is -2.41. The summed E-state index contributed by atoms with van der Waals surface area (Å²) in [5, 5.41) is 1.61. The SMILES string of the molecule is CC1(C)OB(c2ccnc3c(Cl)cccc23)OC1(C)C. The van der Waals surface area contributed by atoms with E-state index < -0.39 is 7.12 Å². The second kappa shape index (κ2) is 4.45. The summed E-state index contributed by atoms with van der Waals surface area (Å²) in [5.41, 5.74) is 1.04. The Kier molecular flexibility index (Phi) is 3.09. The van der Waals surface area contributed by atoms with E-state index in [1.807, 2.05) is 52.0 Å². The van der Waals surface area contributed by atoms with E-state index in [4.69, 9.17) is 20.9 Å². The van der Waals surface area contributed by atoms with Crippen LogP contribution in [0.3, 0.4) is 0 Å². The van der Waals surface area contributed by atoms with Crippen molar-refractivity contribution < 1.29 is 9.31 Å². The van der Waals surface area contributed by atoms with Crippen LogP contribution in [-0.2, 0) is 9.31 Å². The van der Waals surface area contributed by atoms with E-state index in [9.17, 15) is 0 Å². The zero-order chi connectivity index (χ0) is 14.5. The van der Waals surface area contributed by atoms with Crippen LogP contribution in [0.25, 0.3) is 10.9 Å². The molecule has 0 saturated carbocycles. The molecule has 3 nitrogen and oxygen atoms in total. The first-order valence-corrected chi connectivity index (χ1v) is 7.08. The fourth-order valence-electron chi connectivity index (χ4n) is 2.34. The van der Waals surface area contributed by atoms with Crippen LogP contribution in [0.4, 0.5) is 0 Å². The molecular formula is C15H17BClNO2. The van der Waals surface area contributed by atoms with Gasteiger partial charge in [0, 0.05) is 11.6 Å². The van der Waals surface area contributed by atoms with Gasteiger partial charge in [-0.1, -0.05) is 23.7 Å². The van der Waals surface area contributed by atoms with Crippen LogP contribution >= 0.6 is 11.6 Å². The number of hydrogen-bond acceptors (Lipinski definition) is 3. The first kappa shape index (κ1) is 13.9. The predicted molar refractivity (Wildman–Crippen MR) is 82.5 cm³/mol. The third kappa shape index (κ3) is 2.03. The van der Waals surface area contributed by atoms with Crippen LogP contribution in [0.15, 0.2) is 30.5 Å². The Morgan fingerprint density at radius 1 is 1.05 bits per heavy atom. The number of pyridine rings is 1. The second-order valence-corrected chi connectivity index (χ2v) is 6.53. The summed E-state index contributed by atoms with van der Waals surface area (Å²) in [6, 6.07) is 7.68. The van der Waals surface area contributed by atoms with Crippen LogP contribution < -0.4 is 5.46 Å². The van der Waals surface area contributed by atoms with Gasteiger partial charge < -0.3 is 9.31 Å². The van der Waals surface area contributed by atoms with E-state index >= 15 is 0 Å². The number of fused-ring (bicyclic) bond motifs is 1. The minimum Gasteiger partial charge on any atom is -0.399 e. The van der Waals surface area contributed by atoms with Gasteiger partial charge in [-0.15, -0.1) is 0 Å². The number of aromatic nitrogens is 1. The summed E-state index contributed by atoms with van der Waals surface area (Å²) in [6.07, 6.45) is 1.74. The van der Waals surface area contributed by atoms with Crippen LogP contribution in [0.1, 0.15) is 27.7 Å². The minimum atomic E-state index is -0.399. The van der Waals surface area contributed by atoms with E-state index in [0.29, 0.717) is 5.02 Å². The molecule has 1 aromatic carbocycles. The maximum Gasteiger partial charge on any atom is 0.495 e. The third-order valence-electron chi connectivity index (χ3n) is 4.26. The lowest BCUT2D eigenvalue weighted by molar-refractivity contribution is 0.00578. The van der Waals surface area contributed by atoms with Crippen molar-refractivity contribution in [2.24, 2.45) is 0 Å². The molecule has 0 unspecified atom stereocenters. The van der Waals surface area contributed by atoms with Gasteiger partial charge in [-0.3, -0.25) is 4.98 Å². The van der Waals surface area contributed by atoms with Crippen molar-refractivity contribution in [3.63, 3.8) is 0 Å². The molecule has 0 bridgehead atoms. The Morgan fingerprint density at radius 2 is 1.70 bits per heavy atom. The molecule has 0 amide bonds. The monoisotopic (exact) mass is 289 g/mol. The van der Waals surface area contributed by atoms with Crippen LogP contribution in [-0.4, -0.2) is 23.3 Å². The lowest BCUT2D eigenvalue weighted by atomic mass is 9.77. The van der Waals surface area contributed by atoms with Gasteiger partial charge in [-0.2, -0.15) is 0 Å². The molecule has 0 radical (unpaired) electrons. The standard InChI is InChI=1S/C15H17BClNO2/c1-14(2)15(3,4)20-16(19-14)11-8-9-18-13-10(11)6-5-7-12(13)17/h5-9H,1-4H3. The second-order valence-electron chi connectivity index (χ2n) is 6.12. The number of para-hydroxylation sites is 1. The first-order valence-electron chi connectivity index (χ1n) is 6.71. The van der Waals surface area contributed by atoms with Gasteiger partial charge in [0.1, 0.15) is 0 Å². The molecule has 104 valence electrons. The first-order chi connectivity index (χ1) is 9.32. The summed E-state index contributed by atoms with van der Waals surface area (Å²) in [5.74, 6) is 0. The molecule has 1 aromatic heterocycles. The number of hydrogen-bond donors (Lipinski definition) is 0. The summed E-state index contributed by atoms with van der Waals surface area (Å²) >= 11 is 6.20. The van der Waals surface area contributed by atoms with Gasteiger partial charge in [0.15, 0.2) is 0 Å². The molecule has 20 heavy (non-hydrogen) atoms. The number of nitrogens with zero attached hydrogens (tertiary/aromatic N) is 1. The zero-order valence-corrected chi connectivity index (χ0v) is 12.9. The molecule has 1 saturated heterocycles. The van der Waals surface area contributed by atoms with Gasteiger partial charge in [0.25, 0.3) is 0 Å². The number of rotatable bonds is 1. The highest BCUT2D eigenvalue weighted by Crippen LogP contribution is 2.37. The lowest BCUT2D eigenvalue weighted by Gasteiger charge is -2.32. The highest BCUT2D eigenvalue weighted by atomic mass is 35.5. The third-order valence-corrected chi connectivity index (χ3v) is 4.57. The van der Waals surface area contributed by atoms with Crippen LogP contribution in [0.2, 0.25) is 5.02 Å². The normalized spacial score (nSPS) is 20.6. The zero-order valence-electron chi connectivity index (χ0n) is 12.1. The topological polar surface area (TPSA) is 31.4 Å². The molecule has 0 spiro atoms. The maximum atomic E-state index is 6.20. The van der Waals surface area contributed by atoms with Crippen molar-refractivity contribution in [1.82, 2.24) is 4.98 Å². The Balaban J connectivity index is 2.11. The Hall–Kier alpha value is -1.10. The van der Waals surface area contributed by atoms with Crippen molar-refractivity contribution in [3.05, 3.63) is 35.5 Å². The average Bonchev–Trinajstić information content (AvgIpc) is 2.58. The van der Waals surface area contributed by atoms with Crippen molar-refractivity contribution in [3.8, 4) is 0 Å². The van der Waals surface area contributed by atoms with E-state index in [1.165, 1.54) is 0 Å². The van der Waals surface area contributed by atoms with Gasteiger partial charge in [-0.25, -0.2) is 0 Å². The molecule has 1 aliphatic heterocycles. The maximum absolute atomic E-state index is 6.20. The van der Waals surface area contributed by atoms with E-state index in [2.05, 4.69) is 4.98 Å². The number of halogens is 1. The number of benzene rings is 1. The van der Waals surface area contributed by atoms with Crippen molar-refractivity contribution in [2.45, 2.75) is 38.9 Å². The Labute approximate surface area is 124 Å². The molecule has 1 aliphatic rings. The molecule has 0 atom stereocenters. The molecular weight excluding hydrogens is 272 g/mol. The Bertz CT molecular complexity index is 656. The van der Waals surface area contributed by atoms with Gasteiger partial charge in [0.2, 0.25) is 0 Å². The van der Waals surface area contributed by atoms with Gasteiger partial charge in [-0.05, 0) is 45.3 Å². The van der Waals surface area contributed by atoms with Gasteiger partial charge >= 0.3 is 7.12 Å². The van der Waals surface area contributed by atoms with E-state index in [1.54, 1.807) is 6.20 Å². The predicted octanol–water partition coefficient (Wildman–Crippen LogP) is 3.19. The van der Waals surface area contributed by atoms with E-state index in [0.717, 1.165) is 16.4 Å². The van der Waals surface area contributed by atoms with Crippen molar-refractivity contribution >= 4 is 35.1 Å². The molecule has 2 aromatic rings. The van der Waals surface area contributed by atoms with Crippen molar-refractivity contribution in [2.75, 3.05) is 0 Å². The molecule has 0 N–H and O–H groups in total. The van der Waals surface area contributed by atoms with Crippen LogP contribution in [0, 0.1) is 0 Å². The van der Waals surface area contributed by atoms with Crippen molar-refractivity contribution in [1.29, 1.82) is 0 Å². The summed E-state index contributed by atoms with van der Waals surface area (Å²) < 4.78 is 12.2.